The first-order valence-corrected chi connectivity index (χ1v) is 10.7. The van der Waals surface area contributed by atoms with Crippen LogP contribution in [0.25, 0.3) is 0 Å². The molecule has 160 valence electrons. The Labute approximate surface area is 180 Å². The number of carbonyl (C=O) groups is 3. The SMILES string of the molecule is COCCCN1C(=O)[C@@H]2[C@H](Cc3ccccc3)[NH2+][C@@]3(C(=O)Nc4ccccc43)[C@@H]2C1=O. The van der Waals surface area contributed by atoms with E-state index >= 15 is 0 Å². The molecule has 0 unspecified atom stereocenters. The van der Waals surface area contributed by atoms with E-state index in [0.29, 0.717) is 26.0 Å². The van der Waals surface area contributed by atoms with E-state index in [0.717, 1.165) is 16.8 Å². The Morgan fingerprint density at radius 2 is 1.77 bits per heavy atom. The molecule has 0 aliphatic carbocycles. The third-order valence-corrected chi connectivity index (χ3v) is 6.91. The summed E-state index contributed by atoms with van der Waals surface area (Å²) in [5, 5.41) is 4.94. The highest BCUT2D eigenvalue weighted by Crippen LogP contribution is 2.49. The summed E-state index contributed by atoms with van der Waals surface area (Å²) < 4.78 is 5.10. The molecule has 3 amide bonds. The summed E-state index contributed by atoms with van der Waals surface area (Å²) in [6.07, 6.45) is 1.19. The van der Waals surface area contributed by atoms with Crippen molar-refractivity contribution in [3.8, 4) is 0 Å². The topological polar surface area (TPSA) is 92.3 Å². The number of methoxy groups -OCH3 is 1. The number of likely N-dealkylation sites (tertiary alicyclic amines) is 1. The van der Waals surface area contributed by atoms with Gasteiger partial charge in [-0.1, -0.05) is 48.5 Å². The van der Waals surface area contributed by atoms with E-state index in [4.69, 9.17) is 4.74 Å². The number of rotatable bonds is 6. The first-order valence-electron chi connectivity index (χ1n) is 10.7. The van der Waals surface area contributed by atoms with Crippen LogP contribution in [0.1, 0.15) is 17.5 Å². The van der Waals surface area contributed by atoms with E-state index < -0.39 is 17.4 Å². The molecule has 3 heterocycles. The van der Waals surface area contributed by atoms with Gasteiger partial charge in [0.2, 0.25) is 17.4 Å². The van der Waals surface area contributed by atoms with Crippen molar-refractivity contribution in [1.29, 1.82) is 0 Å². The highest BCUT2D eigenvalue weighted by Gasteiger charge is 2.73. The lowest BCUT2D eigenvalue weighted by molar-refractivity contribution is -0.733. The van der Waals surface area contributed by atoms with Gasteiger partial charge in [0.05, 0.1) is 5.69 Å². The Balaban J connectivity index is 1.57. The molecule has 5 rings (SSSR count). The fourth-order valence-electron chi connectivity index (χ4n) is 5.64. The molecule has 7 nitrogen and oxygen atoms in total. The number of benzene rings is 2. The normalized spacial score (nSPS) is 28.9. The van der Waals surface area contributed by atoms with Crippen molar-refractivity contribution in [1.82, 2.24) is 4.90 Å². The highest BCUT2D eigenvalue weighted by molar-refractivity contribution is 6.13. The molecule has 2 aromatic carbocycles. The maximum atomic E-state index is 13.6. The van der Waals surface area contributed by atoms with Gasteiger partial charge in [-0.3, -0.25) is 19.3 Å². The van der Waals surface area contributed by atoms with E-state index in [1.165, 1.54) is 4.90 Å². The minimum Gasteiger partial charge on any atom is -0.385 e. The van der Waals surface area contributed by atoms with Gasteiger partial charge in [0.1, 0.15) is 17.9 Å². The Morgan fingerprint density at radius 1 is 1.03 bits per heavy atom. The molecule has 0 saturated carbocycles. The minimum absolute atomic E-state index is 0.169. The number of ether oxygens (including phenoxy) is 1. The largest absolute Gasteiger partial charge is 0.385 e. The molecule has 1 spiro atoms. The zero-order valence-corrected chi connectivity index (χ0v) is 17.4. The summed E-state index contributed by atoms with van der Waals surface area (Å²) in [6, 6.07) is 17.2. The molecule has 3 aliphatic rings. The van der Waals surface area contributed by atoms with Gasteiger partial charge < -0.3 is 15.4 Å². The molecule has 4 atom stereocenters. The average molecular weight is 420 g/mol. The number of para-hydroxylation sites is 1. The number of nitrogens with one attached hydrogen (secondary N) is 1. The number of quaternary nitrogens is 1. The first-order chi connectivity index (χ1) is 15.1. The molecule has 3 N–H and O–H groups in total. The zero-order valence-electron chi connectivity index (χ0n) is 17.4. The molecule has 2 saturated heterocycles. The molecule has 7 heteroatoms. The molecule has 2 aromatic rings. The van der Waals surface area contributed by atoms with Crippen LogP contribution in [0.15, 0.2) is 54.6 Å². The number of fused-ring (bicyclic) bond motifs is 4. The van der Waals surface area contributed by atoms with Crippen LogP contribution in [-0.4, -0.2) is 48.9 Å². The second kappa shape index (κ2) is 7.59. The molecular weight excluding hydrogens is 394 g/mol. The van der Waals surface area contributed by atoms with Crippen molar-refractivity contribution in [2.45, 2.75) is 24.4 Å². The van der Waals surface area contributed by atoms with Crippen LogP contribution < -0.4 is 10.6 Å². The van der Waals surface area contributed by atoms with Crippen molar-refractivity contribution in [3.05, 3.63) is 65.7 Å². The number of anilines is 1. The van der Waals surface area contributed by atoms with Gasteiger partial charge in [-0.05, 0) is 18.1 Å². The van der Waals surface area contributed by atoms with Crippen molar-refractivity contribution in [2.24, 2.45) is 11.8 Å². The molecule has 3 aliphatic heterocycles. The Kier molecular flexibility index (Phi) is 4.87. The summed E-state index contributed by atoms with van der Waals surface area (Å²) in [5.41, 5.74) is 1.50. The molecular formula is C24H26N3O4+. The number of hydrogen-bond acceptors (Lipinski definition) is 4. The van der Waals surface area contributed by atoms with Gasteiger partial charge in [0.25, 0.3) is 5.91 Å². The van der Waals surface area contributed by atoms with Gasteiger partial charge >= 0.3 is 0 Å². The predicted molar refractivity (Wildman–Crippen MR) is 113 cm³/mol. The maximum absolute atomic E-state index is 13.6. The Hall–Kier alpha value is -3.03. The number of carbonyl (C=O) groups excluding carboxylic acids is 3. The summed E-state index contributed by atoms with van der Waals surface area (Å²) >= 11 is 0. The van der Waals surface area contributed by atoms with Crippen LogP contribution in [0.3, 0.4) is 0 Å². The molecule has 31 heavy (non-hydrogen) atoms. The predicted octanol–water partition coefficient (Wildman–Crippen LogP) is 0.660. The lowest BCUT2D eigenvalue weighted by atomic mass is 9.76. The number of nitrogens with two attached hydrogens (primary N) is 1. The van der Waals surface area contributed by atoms with Crippen molar-refractivity contribution in [2.75, 3.05) is 25.6 Å². The first kappa shape index (κ1) is 19.9. The minimum atomic E-state index is -1.11. The van der Waals surface area contributed by atoms with E-state index in [1.807, 2.05) is 59.9 Å². The van der Waals surface area contributed by atoms with Gasteiger partial charge in [-0.25, -0.2) is 0 Å². The second-order valence-corrected chi connectivity index (χ2v) is 8.57. The quantitative estimate of drug-likeness (QED) is 0.531. The van der Waals surface area contributed by atoms with E-state index in [9.17, 15) is 14.4 Å². The lowest BCUT2D eigenvalue weighted by Gasteiger charge is -2.26. The fourth-order valence-corrected chi connectivity index (χ4v) is 5.64. The third-order valence-electron chi connectivity index (χ3n) is 6.91. The number of imide groups is 1. The van der Waals surface area contributed by atoms with Gasteiger partial charge in [-0.15, -0.1) is 0 Å². The Morgan fingerprint density at radius 3 is 2.55 bits per heavy atom. The summed E-state index contributed by atoms with van der Waals surface area (Å²) in [6.45, 7) is 0.788. The van der Waals surface area contributed by atoms with Crippen LogP contribution in [0, 0.1) is 11.8 Å². The summed E-state index contributed by atoms with van der Waals surface area (Å²) in [7, 11) is 1.60. The van der Waals surface area contributed by atoms with Crippen LogP contribution in [-0.2, 0) is 31.1 Å². The molecule has 2 fully saturated rings. The smallest absolute Gasteiger partial charge is 0.291 e. The third kappa shape index (κ3) is 2.91. The van der Waals surface area contributed by atoms with Crippen LogP contribution >= 0.6 is 0 Å². The summed E-state index contributed by atoms with van der Waals surface area (Å²) in [5.74, 6) is -1.87. The number of amides is 3. The van der Waals surface area contributed by atoms with Gasteiger partial charge in [0, 0.05) is 32.2 Å². The van der Waals surface area contributed by atoms with Gasteiger partial charge in [0.15, 0.2) is 0 Å². The lowest BCUT2D eigenvalue weighted by Crippen LogP contribution is -2.99. The Bertz CT molecular complexity index is 1040. The number of nitrogens with zero attached hydrogens (tertiary/aromatic N) is 1. The molecule has 0 aromatic heterocycles. The number of hydrogen-bond donors (Lipinski definition) is 2. The average Bonchev–Trinajstić information content (AvgIpc) is 3.35. The molecule has 0 bridgehead atoms. The van der Waals surface area contributed by atoms with Crippen molar-refractivity contribution in [3.63, 3.8) is 0 Å². The fraction of sp³-hybridized carbons (Fsp3) is 0.375. The summed E-state index contributed by atoms with van der Waals surface area (Å²) in [4.78, 5) is 41.8. The van der Waals surface area contributed by atoms with Crippen molar-refractivity contribution >= 4 is 23.4 Å². The van der Waals surface area contributed by atoms with Crippen LogP contribution in [0.4, 0.5) is 5.69 Å². The van der Waals surface area contributed by atoms with Crippen LogP contribution in [0.5, 0.6) is 0 Å². The monoisotopic (exact) mass is 420 g/mol. The zero-order chi connectivity index (χ0) is 21.6. The molecule has 0 radical (unpaired) electrons. The van der Waals surface area contributed by atoms with E-state index in [1.54, 1.807) is 7.11 Å². The van der Waals surface area contributed by atoms with Crippen molar-refractivity contribution < 1.29 is 24.4 Å². The van der Waals surface area contributed by atoms with Crippen LogP contribution in [0.2, 0.25) is 0 Å². The van der Waals surface area contributed by atoms with Gasteiger partial charge in [-0.2, -0.15) is 0 Å². The highest BCUT2D eigenvalue weighted by atomic mass is 16.5. The van der Waals surface area contributed by atoms with E-state index in [2.05, 4.69) is 5.32 Å². The standard InChI is InChI=1S/C24H25N3O4/c1-31-13-7-12-27-21(28)19-18(14-15-8-3-2-4-9-15)26-24(20(19)22(27)29)16-10-5-6-11-17(16)25-23(24)30/h2-6,8-11,18-20,26H,7,12-14H2,1H3,(H,25,30)/p+1/t18-,19+,20-,24+/m0/s1. The second-order valence-electron chi connectivity index (χ2n) is 8.57. The van der Waals surface area contributed by atoms with E-state index in [-0.39, 0.29) is 23.8 Å². The maximum Gasteiger partial charge on any atom is 0.291 e.